The number of rotatable bonds is 4. The summed E-state index contributed by atoms with van der Waals surface area (Å²) in [6, 6.07) is 10.7. The van der Waals surface area contributed by atoms with Crippen LogP contribution >= 0.6 is 31.9 Å². The molecule has 2 N–H and O–H groups in total. The molecule has 2 amide bonds. The fraction of sp³-hybridized carbons (Fsp3) is 0.125. The number of benzene rings is 2. The Morgan fingerprint density at radius 1 is 1.08 bits per heavy atom. The van der Waals surface area contributed by atoms with Gasteiger partial charge in [-0.25, -0.2) is 4.39 Å². The van der Waals surface area contributed by atoms with E-state index in [1.54, 1.807) is 25.1 Å². The molecular weight excluding hydrogens is 447 g/mol. The molecule has 2 rings (SSSR count). The van der Waals surface area contributed by atoms with Crippen LogP contribution in [-0.2, 0) is 4.79 Å². The van der Waals surface area contributed by atoms with Crippen molar-refractivity contribution in [2.24, 2.45) is 0 Å². The monoisotopic (exact) mass is 458 g/mol. The Morgan fingerprint density at radius 2 is 1.83 bits per heavy atom. The van der Waals surface area contributed by atoms with Gasteiger partial charge in [-0.3, -0.25) is 20.4 Å². The Kier molecular flexibility index (Phi) is 6.33. The summed E-state index contributed by atoms with van der Waals surface area (Å²) >= 11 is 6.40. The summed E-state index contributed by atoms with van der Waals surface area (Å²) in [5.41, 5.74) is 4.53. The van der Waals surface area contributed by atoms with Crippen LogP contribution in [0, 0.1) is 5.82 Å². The van der Waals surface area contributed by atoms with Crippen LogP contribution in [0.15, 0.2) is 51.4 Å². The van der Waals surface area contributed by atoms with Crippen molar-refractivity contribution in [3.05, 3.63) is 62.8 Å². The zero-order valence-corrected chi connectivity index (χ0v) is 15.6. The molecular formula is C16H13Br2FN2O3. The van der Waals surface area contributed by atoms with Crippen molar-refractivity contribution in [3.63, 3.8) is 0 Å². The summed E-state index contributed by atoms with van der Waals surface area (Å²) in [5.74, 6) is -1.24. The molecule has 0 aromatic heterocycles. The first kappa shape index (κ1) is 18.4. The molecule has 0 aliphatic heterocycles. The zero-order chi connectivity index (χ0) is 17.7. The van der Waals surface area contributed by atoms with Gasteiger partial charge in [-0.1, -0.05) is 37.9 Å². The van der Waals surface area contributed by atoms with Gasteiger partial charge in [-0.15, -0.1) is 0 Å². The van der Waals surface area contributed by atoms with Gasteiger partial charge in [-0.2, -0.15) is 0 Å². The van der Waals surface area contributed by atoms with Gasteiger partial charge in [-0.05, 0) is 43.3 Å². The number of hydrogen-bond acceptors (Lipinski definition) is 3. The molecule has 0 spiro atoms. The van der Waals surface area contributed by atoms with E-state index in [4.69, 9.17) is 4.74 Å². The van der Waals surface area contributed by atoms with E-state index in [1.165, 1.54) is 12.1 Å². The Labute approximate surface area is 154 Å². The lowest BCUT2D eigenvalue weighted by Crippen LogP contribution is -2.47. The van der Waals surface area contributed by atoms with E-state index in [9.17, 15) is 14.0 Å². The normalized spacial score (nSPS) is 11.5. The number of hydrazine groups is 1. The predicted molar refractivity (Wildman–Crippen MR) is 93.9 cm³/mol. The third-order valence-electron chi connectivity index (χ3n) is 2.90. The van der Waals surface area contributed by atoms with Crippen LogP contribution in [0.3, 0.4) is 0 Å². The van der Waals surface area contributed by atoms with E-state index in [-0.39, 0.29) is 5.56 Å². The number of carbonyl (C=O) groups excluding carboxylic acids is 2. The van der Waals surface area contributed by atoms with E-state index < -0.39 is 23.7 Å². The van der Waals surface area contributed by atoms with Crippen molar-refractivity contribution in [2.75, 3.05) is 0 Å². The van der Waals surface area contributed by atoms with Crippen molar-refractivity contribution in [3.8, 4) is 5.75 Å². The molecule has 5 nitrogen and oxygen atoms in total. The van der Waals surface area contributed by atoms with Crippen molar-refractivity contribution >= 4 is 43.7 Å². The zero-order valence-electron chi connectivity index (χ0n) is 12.5. The number of ether oxygens (including phenoxy) is 1. The van der Waals surface area contributed by atoms with Crippen molar-refractivity contribution in [1.82, 2.24) is 10.9 Å². The van der Waals surface area contributed by atoms with Crippen LogP contribution in [0.25, 0.3) is 0 Å². The van der Waals surface area contributed by atoms with Gasteiger partial charge in [0.1, 0.15) is 11.6 Å². The van der Waals surface area contributed by atoms with Crippen LogP contribution < -0.4 is 15.6 Å². The van der Waals surface area contributed by atoms with Crippen molar-refractivity contribution in [2.45, 2.75) is 13.0 Å². The molecule has 1 unspecified atom stereocenters. The van der Waals surface area contributed by atoms with E-state index in [1.807, 2.05) is 6.07 Å². The van der Waals surface area contributed by atoms with Gasteiger partial charge in [0, 0.05) is 14.5 Å². The van der Waals surface area contributed by atoms with Crippen molar-refractivity contribution < 1.29 is 18.7 Å². The SMILES string of the molecule is CC(Oc1cccc(Br)c1)C(=O)NNC(=O)c1cc(F)cc(Br)c1. The highest BCUT2D eigenvalue weighted by Crippen LogP contribution is 2.19. The van der Waals surface area contributed by atoms with Gasteiger partial charge in [0.15, 0.2) is 6.10 Å². The lowest BCUT2D eigenvalue weighted by Gasteiger charge is -2.15. The van der Waals surface area contributed by atoms with Crippen LogP contribution in [0.2, 0.25) is 0 Å². The predicted octanol–water partition coefficient (Wildman–Crippen LogP) is 3.58. The van der Waals surface area contributed by atoms with Gasteiger partial charge >= 0.3 is 0 Å². The minimum absolute atomic E-state index is 0.0720. The number of halogens is 3. The first-order valence-corrected chi connectivity index (χ1v) is 8.42. The van der Waals surface area contributed by atoms with Gasteiger partial charge in [0.25, 0.3) is 11.8 Å². The Bertz CT molecular complexity index is 750. The highest BCUT2D eigenvalue weighted by molar-refractivity contribution is 9.10. The van der Waals surface area contributed by atoms with Crippen LogP contribution in [0.5, 0.6) is 5.75 Å². The summed E-state index contributed by atoms with van der Waals surface area (Å²) < 4.78 is 20.0. The summed E-state index contributed by atoms with van der Waals surface area (Å²) in [5, 5.41) is 0. The molecule has 0 bridgehead atoms. The van der Waals surface area contributed by atoms with E-state index in [2.05, 4.69) is 42.7 Å². The minimum atomic E-state index is -0.834. The molecule has 0 saturated heterocycles. The number of amides is 2. The molecule has 8 heteroatoms. The Morgan fingerprint density at radius 3 is 2.50 bits per heavy atom. The molecule has 24 heavy (non-hydrogen) atoms. The molecule has 1 atom stereocenters. The molecule has 0 radical (unpaired) electrons. The maximum atomic E-state index is 13.3. The molecule has 0 heterocycles. The average Bonchev–Trinajstić information content (AvgIpc) is 2.51. The van der Waals surface area contributed by atoms with Gasteiger partial charge in [0.2, 0.25) is 0 Å². The molecule has 0 aliphatic rings. The standard InChI is InChI=1S/C16H13Br2FN2O3/c1-9(24-14-4-2-3-11(17)8-14)15(22)20-21-16(23)10-5-12(18)7-13(19)6-10/h2-9H,1H3,(H,20,22)(H,21,23). The van der Waals surface area contributed by atoms with Crippen LogP contribution in [0.1, 0.15) is 17.3 Å². The van der Waals surface area contributed by atoms with Crippen molar-refractivity contribution in [1.29, 1.82) is 0 Å². The number of nitrogens with one attached hydrogen (secondary N) is 2. The molecule has 0 saturated carbocycles. The third kappa shape index (κ3) is 5.31. The quantitative estimate of drug-likeness (QED) is 0.686. The fourth-order valence-electron chi connectivity index (χ4n) is 1.78. The third-order valence-corrected chi connectivity index (χ3v) is 3.85. The second kappa shape index (κ2) is 8.25. The summed E-state index contributed by atoms with van der Waals surface area (Å²) in [6.07, 6.45) is -0.834. The largest absolute Gasteiger partial charge is 0.481 e. The van der Waals surface area contributed by atoms with Crippen LogP contribution in [-0.4, -0.2) is 17.9 Å². The fourth-order valence-corrected chi connectivity index (χ4v) is 2.62. The van der Waals surface area contributed by atoms with Crippen LogP contribution in [0.4, 0.5) is 4.39 Å². The Balaban J connectivity index is 1.91. The maximum absolute atomic E-state index is 13.3. The molecule has 126 valence electrons. The summed E-state index contributed by atoms with van der Waals surface area (Å²) in [7, 11) is 0. The summed E-state index contributed by atoms with van der Waals surface area (Å²) in [6.45, 7) is 1.54. The second-order valence-corrected chi connectivity index (χ2v) is 6.65. The number of carbonyl (C=O) groups is 2. The molecule has 2 aromatic rings. The highest BCUT2D eigenvalue weighted by Gasteiger charge is 2.16. The highest BCUT2D eigenvalue weighted by atomic mass is 79.9. The van der Waals surface area contributed by atoms with E-state index >= 15 is 0 Å². The van der Waals surface area contributed by atoms with Gasteiger partial charge in [0.05, 0.1) is 0 Å². The minimum Gasteiger partial charge on any atom is -0.481 e. The smallest absolute Gasteiger partial charge is 0.279 e. The maximum Gasteiger partial charge on any atom is 0.279 e. The van der Waals surface area contributed by atoms with E-state index in [0.29, 0.717) is 10.2 Å². The second-order valence-electron chi connectivity index (χ2n) is 4.82. The molecule has 2 aromatic carbocycles. The first-order chi connectivity index (χ1) is 11.3. The Hall–Kier alpha value is -1.93. The van der Waals surface area contributed by atoms with E-state index in [0.717, 1.165) is 10.5 Å². The van der Waals surface area contributed by atoms with Gasteiger partial charge < -0.3 is 4.74 Å². The lowest BCUT2D eigenvalue weighted by molar-refractivity contribution is -0.128. The summed E-state index contributed by atoms with van der Waals surface area (Å²) in [4.78, 5) is 23.9. The first-order valence-electron chi connectivity index (χ1n) is 6.83. The molecule has 0 fully saturated rings. The average molecular weight is 460 g/mol. The number of hydrogen-bond donors (Lipinski definition) is 2. The topological polar surface area (TPSA) is 67.4 Å². The lowest BCUT2D eigenvalue weighted by atomic mass is 10.2. The molecule has 0 aliphatic carbocycles.